The largest absolute Gasteiger partial charge is 0.496 e. The van der Waals surface area contributed by atoms with Crippen molar-refractivity contribution in [2.24, 2.45) is 4.99 Å². The normalized spacial score (nSPS) is 15.2. The highest BCUT2D eigenvalue weighted by Crippen LogP contribution is 2.32. The summed E-state index contributed by atoms with van der Waals surface area (Å²) in [6.07, 6.45) is -0.601. The summed E-state index contributed by atoms with van der Waals surface area (Å²) >= 11 is 0. The van der Waals surface area contributed by atoms with Gasteiger partial charge in [0.05, 0.1) is 7.11 Å². The van der Waals surface area contributed by atoms with Crippen molar-refractivity contribution in [3.05, 3.63) is 81.3 Å². The lowest BCUT2D eigenvalue weighted by Crippen LogP contribution is -2.38. The van der Waals surface area contributed by atoms with E-state index in [-0.39, 0.29) is 5.56 Å². The van der Waals surface area contributed by atoms with Gasteiger partial charge in [-0.15, -0.1) is 0 Å². The number of para-hydroxylation sites is 1. The van der Waals surface area contributed by atoms with Crippen LogP contribution in [0.2, 0.25) is 0 Å². The first-order valence-electron chi connectivity index (χ1n) is 9.38. The number of guanidine groups is 1. The van der Waals surface area contributed by atoms with E-state index in [2.05, 4.69) is 28.6 Å². The fourth-order valence-corrected chi connectivity index (χ4v) is 3.48. The zero-order chi connectivity index (χ0) is 20.5. The van der Waals surface area contributed by atoms with Crippen molar-refractivity contribution in [1.29, 1.82) is 0 Å². The SMILES string of the molecule is COc1ccccc1[C@H]1N=C(Nc2ccc(C)cc2C)Nc2nc(C)cc(=O)n21. The predicted octanol–water partition coefficient (Wildman–Crippen LogP) is 3.62. The van der Waals surface area contributed by atoms with Crippen LogP contribution < -0.4 is 20.9 Å². The molecule has 1 atom stereocenters. The maximum atomic E-state index is 12.8. The van der Waals surface area contributed by atoms with E-state index in [4.69, 9.17) is 9.73 Å². The second kappa shape index (κ2) is 7.43. The molecule has 148 valence electrons. The van der Waals surface area contributed by atoms with Crippen LogP contribution in [-0.2, 0) is 0 Å². The number of aliphatic imine (C=N–C) groups is 1. The van der Waals surface area contributed by atoms with Crippen molar-refractivity contribution in [2.75, 3.05) is 17.7 Å². The predicted molar refractivity (Wildman–Crippen MR) is 115 cm³/mol. The molecule has 2 N–H and O–H groups in total. The van der Waals surface area contributed by atoms with Gasteiger partial charge in [0.25, 0.3) is 5.56 Å². The van der Waals surface area contributed by atoms with Crippen molar-refractivity contribution in [3.63, 3.8) is 0 Å². The number of ether oxygens (including phenoxy) is 1. The summed E-state index contributed by atoms with van der Waals surface area (Å²) in [4.78, 5) is 22.1. The molecule has 1 aliphatic heterocycles. The highest BCUT2D eigenvalue weighted by molar-refractivity contribution is 6.04. The third-order valence-electron chi connectivity index (χ3n) is 4.86. The summed E-state index contributed by atoms with van der Waals surface area (Å²) in [7, 11) is 1.61. The van der Waals surface area contributed by atoms with E-state index in [9.17, 15) is 4.79 Å². The number of anilines is 2. The molecular formula is C22H23N5O2. The lowest BCUT2D eigenvalue weighted by Gasteiger charge is -2.28. The average molecular weight is 389 g/mol. The molecule has 1 aliphatic rings. The second-order valence-electron chi connectivity index (χ2n) is 7.09. The molecule has 2 heterocycles. The number of benzene rings is 2. The zero-order valence-corrected chi connectivity index (χ0v) is 16.9. The summed E-state index contributed by atoms with van der Waals surface area (Å²) in [5.74, 6) is 1.62. The number of fused-ring (bicyclic) bond motifs is 1. The van der Waals surface area contributed by atoms with E-state index in [0.29, 0.717) is 23.4 Å². The molecule has 0 saturated heterocycles. The highest BCUT2D eigenvalue weighted by atomic mass is 16.5. The Morgan fingerprint density at radius 2 is 1.90 bits per heavy atom. The molecular weight excluding hydrogens is 366 g/mol. The molecule has 0 aliphatic carbocycles. The molecule has 0 spiro atoms. The first-order valence-corrected chi connectivity index (χ1v) is 9.38. The van der Waals surface area contributed by atoms with Crippen molar-refractivity contribution in [1.82, 2.24) is 9.55 Å². The van der Waals surface area contributed by atoms with E-state index in [1.807, 2.05) is 43.3 Å². The minimum atomic E-state index is -0.601. The van der Waals surface area contributed by atoms with Crippen LogP contribution in [0.15, 0.2) is 58.3 Å². The number of aryl methyl sites for hydroxylation is 3. The van der Waals surface area contributed by atoms with Crippen molar-refractivity contribution < 1.29 is 4.74 Å². The standard InChI is InChI=1S/C22H23N5O2/c1-13-9-10-17(14(2)11-13)24-21-25-20(16-7-5-6-8-18(16)29-4)27-19(28)12-15(3)23-22(27)26-21/h5-12,20H,1-4H3,(H2,23,24,25,26)/t20-/m0/s1. The Labute approximate surface area is 169 Å². The minimum absolute atomic E-state index is 0.176. The molecule has 0 radical (unpaired) electrons. The molecule has 1 aromatic heterocycles. The minimum Gasteiger partial charge on any atom is -0.496 e. The van der Waals surface area contributed by atoms with E-state index in [0.717, 1.165) is 16.8 Å². The lowest BCUT2D eigenvalue weighted by atomic mass is 10.1. The highest BCUT2D eigenvalue weighted by Gasteiger charge is 2.27. The van der Waals surface area contributed by atoms with Gasteiger partial charge >= 0.3 is 0 Å². The Kier molecular flexibility index (Phi) is 4.80. The summed E-state index contributed by atoms with van der Waals surface area (Å²) in [5, 5.41) is 6.49. The number of nitrogens with one attached hydrogen (secondary N) is 2. The van der Waals surface area contributed by atoms with Crippen LogP contribution in [0.4, 0.5) is 11.6 Å². The first-order chi connectivity index (χ1) is 14.0. The number of methoxy groups -OCH3 is 1. The van der Waals surface area contributed by atoms with Gasteiger partial charge in [0, 0.05) is 23.0 Å². The lowest BCUT2D eigenvalue weighted by molar-refractivity contribution is 0.401. The number of hydrogen-bond acceptors (Lipinski definition) is 6. The zero-order valence-electron chi connectivity index (χ0n) is 16.9. The molecule has 7 nitrogen and oxygen atoms in total. The average Bonchev–Trinajstić information content (AvgIpc) is 2.69. The van der Waals surface area contributed by atoms with Crippen molar-refractivity contribution in [3.8, 4) is 5.75 Å². The molecule has 2 aromatic carbocycles. The van der Waals surface area contributed by atoms with Crippen LogP contribution >= 0.6 is 0 Å². The van der Waals surface area contributed by atoms with Crippen LogP contribution in [0.5, 0.6) is 5.75 Å². The quantitative estimate of drug-likeness (QED) is 0.715. The summed E-state index contributed by atoms with van der Waals surface area (Å²) in [6, 6.07) is 15.2. The molecule has 29 heavy (non-hydrogen) atoms. The molecule has 3 aromatic rings. The third-order valence-corrected chi connectivity index (χ3v) is 4.86. The van der Waals surface area contributed by atoms with E-state index in [1.54, 1.807) is 14.0 Å². The molecule has 0 fully saturated rings. The van der Waals surface area contributed by atoms with Crippen molar-refractivity contribution >= 4 is 17.6 Å². The van der Waals surface area contributed by atoms with Crippen LogP contribution in [0.1, 0.15) is 28.6 Å². The van der Waals surface area contributed by atoms with Gasteiger partial charge in [0.1, 0.15) is 5.75 Å². The van der Waals surface area contributed by atoms with Crippen molar-refractivity contribution in [2.45, 2.75) is 26.9 Å². The second-order valence-corrected chi connectivity index (χ2v) is 7.09. The van der Waals surface area contributed by atoms with E-state index in [1.165, 1.54) is 16.2 Å². The number of nitrogens with zero attached hydrogens (tertiary/aromatic N) is 3. The Balaban J connectivity index is 1.84. The third kappa shape index (κ3) is 3.59. The number of hydrogen-bond donors (Lipinski definition) is 2. The van der Waals surface area contributed by atoms with Gasteiger partial charge in [0.2, 0.25) is 11.9 Å². The van der Waals surface area contributed by atoms with Gasteiger partial charge in [-0.25, -0.2) is 9.98 Å². The van der Waals surface area contributed by atoms with Crippen LogP contribution in [0, 0.1) is 20.8 Å². The number of aromatic nitrogens is 2. The Bertz CT molecular complexity index is 1170. The Morgan fingerprint density at radius 1 is 1.10 bits per heavy atom. The van der Waals surface area contributed by atoms with Gasteiger partial charge < -0.3 is 10.1 Å². The van der Waals surface area contributed by atoms with E-state index >= 15 is 0 Å². The Hall–Kier alpha value is -3.61. The molecule has 4 rings (SSSR count). The van der Waals surface area contributed by atoms with Crippen LogP contribution in [0.25, 0.3) is 0 Å². The van der Waals surface area contributed by atoms with Gasteiger partial charge in [-0.3, -0.25) is 14.7 Å². The number of rotatable bonds is 3. The molecule has 0 bridgehead atoms. The Morgan fingerprint density at radius 3 is 2.66 bits per heavy atom. The maximum absolute atomic E-state index is 12.8. The summed E-state index contributed by atoms with van der Waals surface area (Å²) < 4.78 is 7.06. The monoisotopic (exact) mass is 389 g/mol. The fourth-order valence-electron chi connectivity index (χ4n) is 3.48. The van der Waals surface area contributed by atoms with Crippen LogP contribution in [-0.4, -0.2) is 22.6 Å². The van der Waals surface area contributed by atoms with Crippen LogP contribution in [0.3, 0.4) is 0 Å². The fraction of sp³-hybridized carbons (Fsp3) is 0.227. The smallest absolute Gasteiger partial charge is 0.257 e. The topological polar surface area (TPSA) is 80.5 Å². The molecule has 0 amide bonds. The molecule has 0 saturated carbocycles. The first kappa shape index (κ1) is 18.7. The molecule has 0 unspecified atom stereocenters. The van der Waals surface area contributed by atoms with Gasteiger partial charge in [-0.2, -0.15) is 0 Å². The van der Waals surface area contributed by atoms with E-state index < -0.39 is 6.17 Å². The summed E-state index contributed by atoms with van der Waals surface area (Å²) in [6.45, 7) is 5.89. The van der Waals surface area contributed by atoms with Gasteiger partial charge in [-0.05, 0) is 38.5 Å². The molecule has 7 heteroatoms. The van der Waals surface area contributed by atoms with Gasteiger partial charge in [-0.1, -0.05) is 35.9 Å². The van der Waals surface area contributed by atoms with Gasteiger partial charge in [0.15, 0.2) is 6.17 Å². The summed E-state index contributed by atoms with van der Waals surface area (Å²) in [5.41, 5.74) is 4.47. The maximum Gasteiger partial charge on any atom is 0.257 e.